The number of carbonyl (C=O) groups is 1. The Balaban J connectivity index is 1.76. The third-order valence-corrected chi connectivity index (χ3v) is 5.27. The van der Waals surface area contributed by atoms with E-state index < -0.39 is 11.0 Å². The lowest BCUT2D eigenvalue weighted by molar-refractivity contribution is -0.129. The molecular formula is C18H26N2O2. The molecule has 1 saturated carbocycles. The summed E-state index contributed by atoms with van der Waals surface area (Å²) in [6.45, 7) is 1.72. The lowest BCUT2D eigenvalue weighted by Gasteiger charge is -2.37. The second-order valence-corrected chi connectivity index (χ2v) is 6.84. The van der Waals surface area contributed by atoms with Gasteiger partial charge in [0.05, 0.1) is 11.0 Å². The number of hydrogen-bond acceptors (Lipinski definition) is 3. The van der Waals surface area contributed by atoms with E-state index in [9.17, 15) is 9.90 Å². The van der Waals surface area contributed by atoms with Gasteiger partial charge in [0.1, 0.15) is 0 Å². The summed E-state index contributed by atoms with van der Waals surface area (Å²) in [7, 11) is 0. The number of hydrogen-bond donors (Lipinski definition) is 3. The normalized spacial score (nSPS) is 27.5. The Labute approximate surface area is 132 Å². The zero-order chi connectivity index (χ0) is 15.5. The number of carbonyl (C=O) groups excluding carboxylic acids is 1. The Hall–Kier alpha value is -1.39. The van der Waals surface area contributed by atoms with Crippen LogP contribution in [0.5, 0.6) is 0 Å². The predicted molar refractivity (Wildman–Crippen MR) is 86.7 cm³/mol. The van der Waals surface area contributed by atoms with Crippen LogP contribution < -0.4 is 10.6 Å². The Morgan fingerprint density at radius 3 is 2.50 bits per heavy atom. The number of aliphatic hydroxyl groups is 1. The minimum Gasteiger partial charge on any atom is -0.387 e. The minimum absolute atomic E-state index is 0.0822. The monoisotopic (exact) mass is 302 g/mol. The van der Waals surface area contributed by atoms with Gasteiger partial charge in [-0.15, -0.1) is 0 Å². The average molecular weight is 302 g/mol. The molecule has 2 fully saturated rings. The minimum atomic E-state index is -0.789. The highest BCUT2D eigenvalue weighted by Crippen LogP contribution is 2.39. The van der Waals surface area contributed by atoms with Crippen molar-refractivity contribution < 1.29 is 9.90 Å². The molecule has 1 aliphatic heterocycles. The first-order valence-electron chi connectivity index (χ1n) is 8.42. The number of β-amino-alcohol motifs (C(OH)–C–C–N with tert-alkyl or cyclic N) is 1. The lowest BCUT2D eigenvalue weighted by Crippen LogP contribution is -2.51. The standard InChI is InChI=1S/C18H26N2O2/c21-16(20-14-17(22)11-12-19-13-17)18(9-5-2-6-10-18)15-7-3-1-4-8-15/h1,3-4,7-8,19,22H,2,5-6,9-14H2,(H,20,21)/t17-/m1/s1. The predicted octanol–water partition coefficient (Wildman–Crippen LogP) is 1.73. The van der Waals surface area contributed by atoms with Crippen LogP contribution in [0.1, 0.15) is 44.1 Å². The van der Waals surface area contributed by atoms with Gasteiger partial charge in [0.2, 0.25) is 5.91 Å². The average Bonchev–Trinajstić information content (AvgIpc) is 3.01. The molecule has 0 aromatic heterocycles. The zero-order valence-corrected chi connectivity index (χ0v) is 13.1. The van der Waals surface area contributed by atoms with Crippen LogP contribution in [0.4, 0.5) is 0 Å². The first-order valence-corrected chi connectivity index (χ1v) is 8.42. The molecule has 1 amide bonds. The molecule has 2 aliphatic rings. The largest absolute Gasteiger partial charge is 0.387 e. The maximum absolute atomic E-state index is 13.0. The Bertz CT molecular complexity index is 503. The van der Waals surface area contributed by atoms with Gasteiger partial charge in [-0.2, -0.15) is 0 Å². The van der Waals surface area contributed by atoms with E-state index in [1.807, 2.05) is 18.2 Å². The number of amides is 1. The molecule has 1 heterocycles. The highest BCUT2D eigenvalue weighted by molar-refractivity contribution is 5.88. The Kier molecular flexibility index (Phi) is 4.50. The van der Waals surface area contributed by atoms with Gasteiger partial charge in [-0.1, -0.05) is 49.6 Å². The number of rotatable bonds is 4. The highest BCUT2D eigenvalue weighted by Gasteiger charge is 2.42. The van der Waals surface area contributed by atoms with Gasteiger partial charge in [0.25, 0.3) is 0 Å². The molecule has 4 heteroatoms. The van der Waals surface area contributed by atoms with Crippen molar-refractivity contribution in [2.75, 3.05) is 19.6 Å². The van der Waals surface area contributed by atoms with Crippen LogP contribution in [0.15, 0.2) is 30.3 Å². The van der Waals surface area contributed by atoms with E-state index >= 15 is 0 Å². The van der Waals surface area contributed by atoms with Gasteiger partial charge < -0.3 is 15.7 Å². The summed E-state index contributed by atoms with van der Waals surface area (Å²) in [4.78, 5) is 13.0. The van der Waals surface area contributed by atoms with Crippen LogP contribution in [0.25, 0.3) is 0 Å². The zero-order valence-electron chi connectivity index (χ0n) is 13.1. The molecule has 1 atom stereocenters. The van der Waals surface area contributed by atoms with Crippen molar-refractivity contribution in [2.24, 2.45) is 0 Å². The third kappa shape index (κ3) is 3.03. The van der Waals surface area contributed by atoms with E-state index in [0.29, 0.717) is 19.5 Å². The van der Waals surface area contributed by atoms with Crippen LogP contribution in [0.3, 0.4) is 0 Å². The van der Waals surface area contributed by atoms with Crippen molar-refractivity contribution in [1.82, 2.24) is 10.6 Å². The van der Waals surface area contributed by atoms with Gasteiger partial charge >= 0.3 is 0 Å². The molecule has 0 radical (unpaired) electrons. The third-order valence-electron chi connectivity index (χ3n) is 5.27. The van der Waals surface area contributed by atoms with Crippen LogP contribution in [0.2, 0.25) is 0 Å². The summed E-state index contributed by atoms with van der Waals surface area (Å²) >= 11 is 0. The van der Waals surface area contributed by atoms with E-state index in [1.165, 1.54) is 6.42 Å². The smallest absolute Gasteiger partial charge is 0.230 e. The molecule has 3 rings (SSSR count). The van der Waals surface area contributed by atoms with Crippen molar-refractivity contribution in [3.8, 4) is 0 Å². The fourth-order valence-electron chi connectivity index (χ4n) is 3.85. The first kappa shape index (κ1) is 15.5. The fraction of sp³-hybridized carbons (Fsp3) is 0.611. The van der Waals surface area contributed by atoms with E-state index in [2.05, 4.69) is 22.8 Å². The van der Waals surface area contributed by atoms with Crippen molar-refractivity contribution in [2.45, 2.75) is 49.5 Å². The van der Waals surface area contributed by atoms with E-state index in [1.54, 1.807) is 0 Å². The molecule has 4 nitrogen and oxygen atoms in total. The molecule has 1 aromatic carbocycles. The quantitative estimate of drug-likeness (QED) is 0.794. The molecule has 1 aromatic rings. The second-order valence-electron chi connectivity index (χ2n) is 6.84. The maximum Gasteiger partial charge on any atom is 0.230 e. The van der Waals surface area contributed by atoms with Crippen LogP contribution in [-0.4, -0.2) is 36.2 Å². The molecule has 0 bridgehead atoms. The molecule has 1 aliphatic carbocycles. The van der Waals surface area contributed by atoms with Gasteiger partial charge in [0.15, 0.2) is 0 Å². The maximum atomic E-state index is 13.0. The molecule has 22 heavy (non-hydrogen) atoms. The van der Waals surface area contributed by atoms with Crippen molar-refractivity contribution in [3.05, 3.63) is 35.9 Å². The summed E-state index contributed by atoms with van der Waals surface area (Å²) in [6.07, 6.45) is 5.89. The van der Waals surface area contributed by atoms with Crippen molar-refractivity contribution in [3.63, 3.8) is 0 Å². The Morgan fingerprint density at radius 2 is 1.86 bits per heavy atom. The molecular weight excluding hydrogens is 276 g/mol. The van der Waals surface area contributed by atoms with E-state index in [0.717, 1.165) is 37.8 Å². The van der Waals surface area contributed by atoms with Crippen molar-refractivity contribution >= 4 is 5.91 Å². The molecule has 1 saturated heterocycles. The number of nitrogens with one attached hydrogen (secondary N) is 2. The van der Waals surface area contributed by atoms with Gasteiger partial charge in [-0.3, -0.25) is 4.79 Å². The fourth-order valence-corrected chi connectivity index (χ4v) is 3.85. The highest BCUT2D eigenvalue weighted by atomic mass is 16.3. The summed E-state index contributed by atoms with van der Waals surface area (Å²) < 4.78 is 0. The Morgan fingerprint density at radius 1 is 1.14 bits per heavy atom. The molecule has 120 valence electrons. The molecule has 0 spiro atoms. The van der Waals surface area contributed by atoms with Crippen LogP contribution >= 0.6 is 0 Å². The molecule has 0 unspecified atom stereocenters. The summed E-state index contributed by atoms with van der Waals surface area (Å²) in [5.41, 5.74) is -0.0897. The van der Waals surface area contributed by atoms with E-state index in [4.69, 9.17) is 0 Å². The second kappa shape index (κ2) is 6.39. The SMILES string of the molecule is O=C(NC[C@@]1(O)CCNC1)C1(c2ccccc2)CCCCC1. The van der Waals surface area contributed by atoms with Gasteiger partial charge in [0, 0.05) is 13.1 Å². The van der Waals surface area contributed by atoms with Gasteiger partial charge in [-0.05, 0) is 31.4 Å². The summed E-state index contributed by atoms with van der Waals surface area (Å²) in [5, 5.41) is 16.6. The molecule has 3 N–H and O–H groups in total. The number of benzene rings is 1. The van der Waals surface area contributed by atoms with Crippen LogP contribution in [0, 0.1) is 0 Å². The lowest BCUT2D eigenvalue weighted by atomic mass is 9.68. The van der Waals surface area contributed by atoms with Gasteiger partial charge in [-0.25, -0.2) is 0 Å². The first-order chi connectivity index (χ1) is 10.6. The van der Waals surface area contributed by atoms with Crippen LogP contribution in [-0.2, 0) is 10.2 Å². The topological polar surface area (TPSA) is 61.4 Å². The summed E-state index contributed by atoms with van der Waals surface area (Å²) in [6, 6.07) is 10.1. The van der Waals surface area contributed by atoms with Crippen molar-refractivity contribution in [1.29, 1.82) is 0 Å². The summed E-state index contributed by atoms with van der Waals surface area (Å²) in [5.74, 6) is 0.0822. The van der Waals surface area contributed by atoms with E-state index in [-0.39, 0.29) is 5.91 Å².